The predicted molar refractivity (Wildman–Crippen MR) is 61.4 cm³/mol. The highest BCUT2D eigenvalue weighted by molar-refractivity contribution is 6.30. The molecule has 0 bridgehead atoms. The van der Waals surface area contributed by atoms with Crippen molar-refractivity contribution in [2.75, 3.05) is 20.2 Å². The van der Waals surface area contributed by atoms with Crippen molar-refractivity contribution in [1.82, 2.24) is 15.1 Å². The number of carbonyl (C=O) groups excluding carboxylic acids is 1. The maximum absolute atomic E-state index is 11.0. The van der Waals surface area contributed by atoms with Gasteiger partial charge in [0, 0.05) is 38.4 Å². The van der Waals surface area contributed by atoms with E-state index in [1.165, 1.54) is 7.11 Å². The molecule has 1 aromatic heterocycles. The molecule has 0 spiro atoms. The quantitative estimate of drug-likeness (QED) is 0.446. The molecule has 0 saturated carbocycles. The number of nitrogens with one attached hydrogen (secondary N) is 1. The van der Waals surface area contributed by atoms with Crippen LogP contribution in [0, 0.1) is 0 Å². The van der Waals surface area contributed by atoms with Crippen molar-refractivity contribution in [3.8, 4) is 0 Å². The molecule has 16 heavy (non-hydrogen) atoms. The number of nitrogens with zero attached hydrogens (tertiary/aromatic N) is 2. The van der Waals surface area contributed by atoms with Crippen molar-refractivity contribution in [2.24, 2.45) is 7.05 Å². The number of halogens is 1. The van der Waals surface area contributed by atoms with Crippen LogP contribution < -0.4 is 5.32 Å². The average molecular weight is 246 g/mol. The van der Waals surface area contributed by atoms with Gasteiger partial charge in [0.15, 0.2) is 0 Å². The van der Waals surface area contributed by atoms with Crippen molar-refractivity contribution in [3.63, 3.8) is 0 Å². The van der Waals surface area contributed by atoms with E-state index in [2.05, 4.69) is 15.2 Å². The van der Waals surface area contributed by atoms with E-state index < -0.39 is 11.3 Å². The van der Waals surface area contributed by atoms with E-state index >= 15 is 0 Å². The van der Waals surface area contributed by atoms with Gasteiger partial charge in [-0.2, -0.15) is 5.10 Å². The molecular weight excluding hydrogens is 230 g/mol. The Bertz CT molecular complexity index is 341. The fourth-order valence-corrected chi connectivity index (χ4v) is 1.50. The molecule has 0 aromatic carbocycles. The summed E-state index contributed by atoms with van der Waals surface area (Å²) in [6.45, 7) is 1.16. The second-order valence-corrected chi connectivity index (χ2v) is 3.92. The summed E-state index contributed by atoms with van der Waals surface area (Å²) in [7, 11) is 3.22. The number of aryl methyl sites for hydroxylation is 1. The minimum atomic E-state index is -0.628. The molecule has 1 unspecified atom stereocenters. The lowest BCUT2D eigenvalue weighted by Crippen LogP contribution is -2.31. The van der Waals surface area contributed by atoms with Crippen LogP contribution in [0.1, 0.15) is 5.69 Å². The Balaban J connectivity index is 2.17. The summed E-state index contributed by atoms with van der Waals surface area (Å²) in [4.78, 5) is 11.0. The molecule has 1 N–H and O–H groups in total. The van der Waals surface area contributed by atoms with E-state index in [0.717, 1.165) is 18.7 Å². The molecule has 1 heterocycles. The van der Waals surface area contributed by atoms with Gasteiger partial charge in [0.25, 0.3) is 0 Å². The topological polar surface area (TPSA) is 56.1 Å². The van der Waals surface area contributed by atoms with Crippen LogP contribution in [0.3, 0.4) is 0 Å². The number of rotatable bonds is 6. The van der Waals surface area contributed by atoms with Crippen LogP contribution in [0.5, 0.6) is 0 Å². The summed E-state index contributed by atoms with van der Waals surface area (Å²) < 4.78 is 6.33. The summed E-state index contributed by atoms with van der Waals surface area (Å²) in [5.74, 6) is -0.408. The molecule has 1 rings (SSSR count). The van der Waals surface area contributed by atoms with Crippen molar-refractivity contribution < 1.29 is 9.53 Å². The van der Waals surface area contributed by atoms with E-state index in [-0.39, 0.29) is 0 Å². The first-order valence-corrected chi connectivity index (χ1v) is 5.48. The highest BCUT2D eigenvalue weighted by Gasteiger charge is 2.14. The number of esters is 1. The summed E-state index contributed by atoms with van der Waals surface area (Å²) in [5, 5.41) is 6.52. The number of ether oxygens (including phenoxy) is 1. The van der Waals surface area contributed by atoms with E-state index in [1.807, 2.05) is 17.8 Å². The van der Waals surface area contributed by atoms with Gasteiger partial charge < -0.3 is 10.1 Å². The van der Waals surface area contributed by atoms with Crippen LogP contribution in [0.25, 0.3) is 0 Å². The molecule has 0 aliphatic rings. The monoisotopic (exact) mass is 245 g/mol. The number of hydrogen-bond donors (Lipinski definition) is 1. The van der Waals surface area contributed by atoms with Crippen LogP contribution in [-0.4, -0.2) is 41.3 Å². The molecule has 0 saturated heterocycles. The van der Waals surface area contributed by atoms with Gasteiger partial charge in [-0.3, -0.25) is 9.48 Å². The largest absolute Gasteiger partial charge is 0.468 e. The van der Waals surface area contributed by atoms with Crippen LogP contribution in [0.15, 0.2) is 12.3 Å². The number of hydrogen-bond acceptors (Lipinski definition) is 4. The first-order chi connectivity index (χ1) is 7.65. The minimum Gasteiger partial charge on any atom is -0.468 e. The lowest BCUT2D eigenvalue weighted by Gasteiger charge is -2.08. The molecule has 0 amide bonds. The SMILES string of the molecule is COC(=O)C(Cl)CNCCc1ccnn1C. The van der Waals surface area contributed by atoms with Crippen molar-refractivity contribution >= 4 is 17.6 Å². The molecular formula is C10H16ClN3O2. The van der Waals surface area contributed by atoms with Gasteiger partial charge >= 0.3 is 5.97 Å². The van der Waals surface area contributed by atoms with Crippen LogP contribution in [-0.2, 0) is 23.0 Å². The summed E-state index contributed by atoms with van der Waals surface area (Å²) in [6.07, 6.45) is 2.61. The van der Waals surface area contributed by atoms with E-state index in [4.69, 9.17) is 11.6 Å². The standard InChI is InChI=1S/C10H16ClN3O2/c1-14-8(4-6-13-14)3-5-12-7-9(11)10(15)16-2/h4,6,9,12H,3,5,7H2,1-2H3. The normalized spacial score (nSPS) is 12.4. The first kappa shape index (κ1) is 13.0. The molecule has 0 fully saturated rings. The summed E-state index contributed by atoms with van der Waals surface area (Å²) >= 11 is 5.77. The van der Waals surface area contributed by atoms with Gasteiger partial charge in [0.1, 0.15) is 5.38 Å². The third kappa shape index (κ3) is 3.83. The zero-order valence-electron chi connectivity index (χ0n) is 9.44. The van der Waals surface area contributed by atoms with Gasteiger partial charge in [-0.25, -0.2) is 0 Å². The van der Waals surface area contributed by atoms with E-state index in [9.17, 15) is 4.79 Å². The summed E-state index contributed by atoms with van der Waals surface area (Å²) in [5.41, 5.74) is 1.14. The van der Waals surface area contributed by atoms with Crippen molar-refractivity contribution in [1.29, 1.82) is 0 Å². The second-order valence-electron chi connectivity index (χ2n) is 3.39. The smallest absolute Gasteiger partial charge is 0.325 e. The Morgan fingerprint density at radius 1 is 1.75 bits per heavy atom. The third-order valence-corrected chi connectivity index (χ3v) is 2.59. The number of aromatic nitrogens is 2. The average Bonchev–Trinajstić information content (AvgIpc) is 2.69. The predicted octanol–water partition coefficient (Wildman–Crippen LogP) is 0.333. The Morgan fingerprint density at radius 3 is 3.06 bits per heavy atom. The zero-order valence-corrected chi connectivity index (χ0v) is 10.2. The highest BCUT2D eigenvalue weighted by atomic mass is 35.5. The first-order valence-electron chi connectivity index (χ1n) is 5.04. The number of carbonyl (C=O) groups is 1. The number of methoxy groups -OCH3 is 1. The van der Waals surface area contributed by atoms with Crippen LogP contribution in [0.2, 0.25) is 0 Å². The van der Waals surface area contributed by atoms with Gasteiger partial charge in [-0.05, 0) is 6.07 Å². The molecule has 0 aliphatic heterocycles. The van der Waals surface area contributed by atoms with E-state index in [0.29, 0.717) is 6.54 Å². The molecule has 0 aliphatic carbocycles. The van der Waals surface area contributed by atoms with Crippen LogP contribution in [0.4, 0.5) is 0 Å². The van der Waals surface area contributed by atoms with Crippen LogP contribution >= 0.6 is 11.6 Å². The van der Waals surface area contributed by atoms with Gasteiger partial charge in [-0.1, -0.05) is 0 Å². The Kier molecular flexibility index (Phi) is 5.28. The maximum Gasteiger partial charge on any atom is 0.325 e. The molecule has 1 aromatic rings. The van der Waals surface area contributed by atoms with Gasteiger partial charge in [-0.15, -0.1) is 11.6 Å². The lowest BCUT2D eigenvalue weighted by molar-refractivity contribution is -0.140. The second kappa shape index (κ2) is 6.50. The maximum atomic E-state index is 11.0. The fraction of sp³-hybridized carbons (Fsp3) is 0.600. The Morgan fingerprint density at radius 2 is 2.50 bits per heavy atom. The highest BCUT2D eigenvalue weighted by Crippen LogP contribution is 1.98. The van der Waals surface area contributed by atoms with Crippen molar-refractivity contribution in [2.45, 2.75) is 11.8 Å². The Hall–Kier alpha value is -1.07. The Labute approximate surface area is 99.7 Å². The lowest BCUT2D eigenvalue weighted by atomic mass is 10.3. The minimum absolute atomic E-state index is 0.408. The third-order valence-electron chi connectivity index (χ3n) is 2.26. The van der Waals surface area contributed by atoms with Gasteiger partial charge in [0.05, 0.1) is 7.11 Å². The van der Waals surface area contributed by atoms with E-state index in [1.54, 1.807) is 6.20 Å². The summed E-state index contributed by atoms with van der Waals surface area (Å²) in [6, 6.07) is 1.96. The molecule has 6 heteroatoms. The zero-order chi connectivity index (χ0) is 12.0. The van der Waals surface area contributed by atoms with Gasteiger partial charge in [0.2, 0.25) is 0 Å². The molecule has 90 valence electrons. The molecule has 5 nitrogen and oxygen atoms in total. The fourth-order valence-electron chi connectivity index (χ4n) is 1.30. The number of alkyl halides is 1. The van der Waals surface area contributed by atoms with Crippen molar-refractivity contribution in [3.05, 3.63) is 18.0 Å². The molecule has 0 radical (unpaired) electrons. The molecule has 1 atom stereocenters.